The summed E-state index contributed by atoms with van der Waals surface area (Å²) in [6, 6.07) is 12.3. The van der Waals surface area contributed by atoms with Crippen LogP contribution in [0.2, 0.25) is 0 Å². The Balaban J connectivity index is 0.000000165. The highest BCUT2D eigenvalue weighted by atomic mass is 16.7. The first-order valence-electron chi connectivity index (χ1n) is 24.4. The molecule has 8 aliphatic rings. The van der Waals surface area contributed by atoms with E-state index in [0.717, 1.165) is 36.8 Å². The Morgan fingerprint density at radius 2 is 0.890 bits per heavy atom. The molecule has 0 saturated carbocycles. The number of phenols is 2. The van der Waals surface area contributed by atoms with Crippen molar-refractivity contribution < 1.29 is 49.1 Å². The lowest BCUT2D eigenvalue weighted by molar-refractivity contribution is 0.0975. The van der Waals surface area contributed by atoms with E-state index in [1.807, 2.05) is 53.7 Å². The van der Waals surface area contributed by atoms with Crippen molar-refractivity contribution in [1.82, 2.24) is 0 Å². The quantitative estimate of drug-likeness (QED) is 0.0545. The molecule has 12 heteroatoms. The van der Waals surface area contributed by atoms with Crippen LogP contribution in [0.25, 0.3) is 0 Å². The zero-order valence-corrected chi connectivity index (χ0v) is 40.5. The molecule has 12 rings (SSSR count). The molecule has 0 unspecified atom stereocenters. The van der Waals surface area contributed by atoms with Gasteiger partial charge < -0.3 is 40.5 Å². The summed E-state index contributed by atoms with van der Waals surface area (Å²) in [5.41, 5.74) is 0.157. The number of carbonyl (C=O) groups excluding carboxylic acids is 4. The summed E-state index contributed by atoms with van der Waals surface area (Å²) in [6.07, 6.45) is 7.21. The van der Waals surface area contributed by atoms with Gasteiger partial charge in [-0.05, 0) is 84.4 Å². The number of aliphatic hydroxyl groups is 2. The largest absolute Gasteiger partial charge is 0.507 e. The molecule has 12 nitrogen and oxygen atoms in total. The number of benzene rings is 4. The topological polar surface area (TPSA) is 198 Å². The van der Waals surface area contributed by atoms with E-state index in [9.17, 15) is 39.6 Å². The van der Waals surface area contributed by atoms with Crippen LogP contribution >= 0.6 is 0 Å². The molecule has 6 N–H and O–H groups in total. The van der Waals surface area contributed by atoms with Crippen LogP contribution in [-0.2, 0) is 33.5 Å². The van der Waals surface area contributed by atoms with E-state index in [2.05, 4.69) is 58.0 Å². The van der Waals surface area contributed by atoms with Crippen molar-refractivity contribution in [3.05, 3.63) is 140 Å². The molecule has 0 aromatic heterocycles. The Hall–Kier alpha value is -7.68. The highest BCUT2D eigenvalue weighted by Gasteiger charge is 2.82. The molecule has 2 fully saturated rings. The molecule has 2 saturated heterocycles. The number of ketones is 4. The zero-order valence-electron chi connectivity index (χ0n) is 40.5. The number of aryl methyl sites for hydroxylation is 2. The van der Waals surface area contributed by atoms with Crippen molar-refractivity contribution in [2.45, 2.75) is 121 Å². The lowest BCUT2D eigenvalue weighted by Crippen LogP contribution is -2.52. The maximum Gasteiger partial charge on any atom is 0.198 e. The molecule has 4 aromatic carbocycles. The van der Waals surface area contributed by atoms with Crippen molar-refractivity contribution in [1.29, 1.82) is 0 Å². The third kappa shape index (κ3) is 6.48. The van der Waals surface area contributed by atoms with Gasteiger partial charge in [0.25, 0.3) is 0 Å². The summed E-state index contributed by atoms with van der Waals surface area (Å²) in [6.45, 7) is 12.0. The first-order valence-corrected chi connectivity index (χ1v) is 24.4. The van der Waals surface area contributed by atoms with Crippen molar-refractivity contribution in [3.8, 4) is 58.9 Å². The Labute approximate surface area is 424 Å². The number of allylic oxidation sites excluding steroid dienone is 4. The van der Waals surface area contributed by atoms with E-state index in [-0.39, 0.29) is 64.6 Å². The van der Waals surface area contributed by atoms with Gasteiger partial charge in [0.2, 0.25) is 0 Å². The van der Waals surface area contributed by atoms with Crippen LogP contribution < -0.4 is 10.6 Å². The van der Waals surface area contributed by atoms with E-state index in [1.54, 1.807) is 48.6 Å². The minimum absolute atomic E-state index is 0. The second-order valence-corrected chi connectivity index (χ2v) is 20.1. The number of ether oxygens (including phenoxy) is 2. The lowest BCUT2D eigenvalue weighted by atomic mass is 9.67. The summed E-state index contributed by atoms with van der Waals surface area (Å²) in [5, 5.41) is 51.7. The SMILES string of the molecule is C.CCCc1ccc2c(c1)C(=O)c1c(O)cc3c(c1C2=O)N[C@H]1C#C/C=C\C#C[C@@H](O)[C@@]32O[C@@]12C(C)C.CCCc1ccc2c(c1)C(=O)c1c(O)cc3c(c1C2=O)N[C@H]1C#C/C=C\C#C[C@@H](O)[C@@]32O[C@@]12C(C)C. The average molecular weight is 975 g/mol. The standard InChI is InChI=1S/2C30H25NO5.CH4/c2*1-4-9-17-12-13-18-19(14-17)28(35)24-21(32)15-20-26(25(24)27(18)34)31-22-10-7-5-6-8-11-23(33)30(20)29(22,36-30)16(2)3;/h2*5-6,12-16,22-23,31-33H,4,9H2,1-3H3;1H4/b2*6-5-;/t2*22-,23+,29-,30-;/m00./s1. The molecule has 4 bridgehead atoms. The molecular weight excluding hydrogens is 921 g/mol. The number of hydrogen-bond donors (Lipinski definition) is 6. The summed E-state index contributed by atoms with van der Waals surface area (Å²) < 4.78 is 12.8. The van der Waals surface area contributed by atoms with Gasteiger partial charge in [-0.15, -0.1) is 0 Å². The number of aliphatic hydroxyl groups excluding tert-OH is 2. The van der Waals surface area contributed by atoms with E-state index in [1.165, 1.54) is 12.1 Å². The minimum Gasteiger partial charge on any atom is -0.507 e. The Morgan fingerprint density at radius 1 is 0.534 bits per heavy atom. The number of carbonyl (C=O) groups is 4. The molecule has 8 atom stereocenters. The highest BCUT2D eigenvalue weighted by Crippen LogP contribution is 2.70. The highest BCUT2D eigenvalue weighted by molar-refractivity contribution is 6.32. The molecule has 4 aliphatic heterocycles. The van der Waals surface area contributed by atoms with Crippen molar-refractivity contribution in [3.63, 3.8) is 0 Å². The minimum atomic E-state index is -1.32. The number of anilines is 2. The fourth-order valence-corrected chi connectivity index (χ4v) is 12.3. The van der Waals surface area contributed by atoms with Gasteiger partial charge in [-0.25, -0.2) is 0 Å². The number of phenolic OH excluding ortho intramolecular Hbond substituents is 2. The Morgan fingerprint density at radius 3 is 1.25 bits per heavy atom. The number of hydrogen-bond acceptors (Lipinski definition) is 12. The smallest absolute Gasteiger partial charge is 0.198 e. The van der Waals surface area contributed by atoms with Gasteiger partial charge >= 0.3 is 0 Å². The van der Waals surface area contributed by atoms with Gasteiger partial charge in [0, 0.05) is 33.4 Å². The molecule has 4 aliphatic carbocycles. The van der Waals surface area contributed by atoms with Crippen LogP contribution in [-0.4, -0.2) is 79.1 Å². The number of aromatic hydroxyl groups is 2. The molecule has 73 heavy (non-hydrogen) atoms. The molecule has 368 valence electrons. The molecule has 4 heterocycles. The normalized spacial score (nSPS) is 28.8. The van der Waals surface area contributed by atoms with E-state index < -0.39 is 58.3 Å². The lowest BCUT2D eigenvalue weighted by Gasteiger charge is -2.38. The van der Waals surface area contributed by atoms with Crippen molar-refractivity contribution >= 4 is 34.5 Å². The van der Waals surface area contributed by atoms with E-state index >= 15 is 0 Å². The maximum absolute atomic E-state index is 13.9. The summed E-state index contributed by atoms with van der Waals surface area (Å²) in [5.74, 6) is 21.2. The monoisotopic (exact) mass is 974 g/mol. The van der Waals surface area contributed by atoms with Crippen LogP contribution in [0.3, 0.4) is 0 Å². The predicted molar refractivity (Wildman–Crippen MR) is 274 cm³/mol. The second kappa shape index (κ2) is 17.2. The molecule has 0 spiro atoms. The maximum atomic E-state index is 13.9. The fraction of sp³-hybridized carbons (Fsp3) is 0.344. The van der Waals surface area contributed by atoms with Crippen LogP contribution in [0.15, 0.2) is 72.8 Å². The first-order chi connectivity index (χ1) is 34.5. The molecule has 0 radical (unpaired) electrons. The van der Waals surface area contributed by atoms with Crippen molar-refractivity contribution in [2.75, 3.05) is 10.6 Å². The zero-order chi connectivity index (χ0) is 50.8. The van der Waals surface area contributed by atoms with Gasteiger partial charge in [0.15, 0.2) is 46.5 Å². The summed E-state index contributed by atoms with van der Waals surface area (Å²) in [7, 11) is 0. The number of epoxide rings is 2. The van der Waals surface area contributed by atoms with Gasteiger partial charge in [-0.1, -0.05) is 133 Å². The molecular formula is C61H54N2O10. The predicted octanol–water partition coefficient (Wildman–Crippen LogP) is 7.58. The number of rotatable bonds is 6. The average Bonchev–Trinajstić information content (AvgIpc) is 4.27. The fourth-order valence-electron chi connectivity index (χ4n) is 12.3. The Bertz CT molecular complexity index is 3290. The molecule has 4 aromatic rings. The van der Waals surface area contributed by atoms with Crippen LogP contribution in [0.1, 0.15) is 148 Å². The van der Waals surface area contributed by atoms with Gasteiger partial charge in [0.05, 0.1) is 33.6 Å². The van der Waals surface area contributed by atoms with Gasteiger partial charge in [0.1, 0.15) is 34.8 Å². The van der Waals surface area contributed by atoms with Crippen LogP contribution in [0.4, 0.5) is 11.4 Å². The third-order valence-corrected chi connectivity index (χ3v) is 15.6. The van der Waals surface area contributed by atoms with Crippen LogP contribution in [0, 0.1) is 59.2 Å². The third-order valence-electron chi connectivity index (χ3n) is 15.6. The number of nitrogens with one attached hydrogen (secondary N) is 2. The van der Waals surface area contributed by atoms with Gasteiger partial charge in [-0.3, -0.25) is 19.2 Å². The Kier molecular flexibility index (Phi) is 11.6. The van der Waals surface area contributed by atoms with E-state index in [0.29, 0.717) is 44.8 Å². The summed E-state index contributed by atoms with van der Waals surface area (Å²) >= 11 is 0. The van der Waals surface area contributed by atoms with E-state index in [4.69, 9.17) is 9.47 Å². The van der Waals surface area contributed by atoms with Gasteiger partial charge in [-0.2, -0.15) is 0 Å². The first kappa shape index (κ1) is 48.9. The van der Waals surface area contributed by atoms with Crippen molar-refractivity contribution in [2.24, 2.45) is 11.8 Å². The number of fused-ring (bicyclic) bond motifs is 8. The summed E-state index contributed by atoms with van der Waals surface area (Å²) in [4.78, 5) is 55.0. The molecule has 0 amide bonds. The van der Waals surface area contributed by atoms with Crippen LogP contribution in [0.5, 0.6) is 11.5 Å². The second-order valence-electron chi connectivity index (χ2n) is 20.1.